The van der Waals surface area contributed by atoms with E-state index in [1.54, 1.807) is 5.57 Å². The summed E-state index contributed by atoms with van der Waals surface area (Å²) in [6, 6.07) is 22.5. The molecule has 2 aliphatic rings. The zero-order valence-electron chi connectivity index (χ0n) is 15.5. The van der Waals surface area contributed by atoms with Crippen molar-refractivity contribution in [2.24, 2.45) is 5.92 Å². The number of aryl methyl sites for hydroxylation is 1. The highest BCUT2D eigenvalue weighted by Gasteiger charge is 2.28. The Labute approximate surface area is 155 Å². The van der Waals surface area contributed by atoms with E-state index in [4.69, 9.17) is 0 Å². The minimum absolute atomic E-state index is 0.516. The Morgan fingerprint density at radius 2 is 1.73 bits per heavy atom. The van der Waals surface area contributed by atoms with Crippen molar-refractivity contribution in [2.75, 3.05) is 0 Å². The van der Waals surface area contributed by atoms with E-state index in [0.29, 0.717) is 11.8 Å². The van der Waals surface area contributed by atoms with Gasteiger partial charge in [-0.15, -0.1) is 0 Å². The Hall–Kier alpha value is -2.60. The van der Waals surface area contributed by atoms with Gasteiger partial charge in [0.2, 0.25) is 0 Å². The molecule has 0 saturated heterocycles. The van der Waals surface area contributed by atoms with Gasteiger partial charge in [-0.2, -0.15) is 0 Å². The Bertz CT molecular complexity index is 1050. The third-order valence-corrected chi connectivity index (χ3v) is 6.19. The molecule has 0 fully saturated rings. The van der Waals surface area contributed by atoms with Crippen LogP contribution in [0.1, 0.15) is 41.5 Å². The van der Waals surface area contributed by atoms with Gasteiger partial charge >= 0.3 is 0 Å². The lowest BCUT2D eigenvalue weighted by Crippen LogP contribution is -2.18. The highest BCUT2D eigenvalue weighted by molar-refractivity contribution is 5.94. The summed E-state index contributed by atoms with van der Waals surface area (Å²) in [6.07, 6.45) is 7.12. The smallest absolute Gasteiger partial charge is 0.00589 e. The number of hydrogen-bond donors (Lipinski definition) is 0. The molecule has 2 atom stereocenters. The van der Waals surface area contributed by atoms with Crippen molar-refractivity contribution >= 4 is 16.3 Å². The van der Waals surface area contributed by atoms with Crippen molar-refractivity contribution in [3.63, 3.8) is 0 Å². The topological polar surface area (TPSA) is 0 Å². The first-order valence-electron chi connectivity index (χ1n) is 9.69. The lowest BCUT2D eigenvalue weighted by atomic mass is 9.71. The monoisotopic (exact) mass is 336 g/mol. The van der Waals surface area contributed by atoms with Gasteiger partial charge in [-0.1, -0.05) is 90.9 Å². The maximum absolute atomic E-state index is 2.41. The average Bonchev–Trinajstić information content (AvgIpc) is 2.68. The molecule has 0 heterocycles. The zero-order valence-corrected chi connectivity index (χ0v) is 15.5. The third kappa shape index (κ3) is 2.44. The molecule has 0 bridgehead atoms. The largest absolute Gasteiger partial charge is 0.0761 e. The molecular formula is C26H24. The van der Waals surface area contributed by atoms with Crippen LogP contribution in [-0.2, 0) is 6.42 Å². The van der Waals surface area contributed by atoms with Crippen molar-refractivity contribution in [3.8, 4) is 0 Å². The Morgan fingerprint density at radius 1 is 0.885 bits per heavy atom. The third-order valence-electron chi connectivity index (χ3n) is 6.19. The lowest BCUT2D eigenvalue weighted by molar-refractivity contribution is 0.614. The summed E-state index contributed by atoms with van der Waals surface area (Å²) in [5.74, 6) is 1.13. The molecule has 0 amide bonds. The summed E-state index contributed by atoms with van der Waals surface area (Å²) in [4.78, 5) is 0. The van der Waals surface area contributed by atoms with Crippen LogP contribution in [0.2, 0.25) is 0 Å². The number of allylic oxidation sites excluding steroid dienone is 4. The van der Waals surface area contributed by atoms with E-state index in [0.717, 1.165) is 12.8 Å². The zero-order chi connectivity index (χ0) is 17.7. The number of fused-ring (bicyclic) bond motifs is 4. The minimum atomic E-state index is 0.516. The molecule has 0 spiro atoms. The fourth-order valence-corrected chi connectivity index (χ4v) is 4.81. The van der Waals surface area contributed by atoms with E-state index in [-0.39, 0.29) is 0 Å². The normalized spacial score (nSPS) is 21.6. The van der Waals surface area contributed by atoms with Gasteiger partial charge in [-0.05, 0) is 58.7 Å². The SMILES string of the molecule is Cc1ccc2c3c(ccc2c1)C1=C(CC(c2ccccc2)C=C1)C(C)C3. The van der Waals surface area contributed by atoms with E-state index >= 15 is 0 Å². The minimum Gasteiger partial charge on any atom is -0.0761 e. The van der Waals surface area contributed by atoms with Gasteiger partial charge in [0.05, 0.1) is 0 Å². The molecule has 0 saturated carbocycles. The molecule has 0 aromatic heterocycles. The highest BCUT2D eigenvalue weighted by Crippen LogP contribution is 2.45. The predicted octanol–water partition coefficient (Wildman–Crippen LogP) is 6.84. The maximum Gasteiger partial charge on any atom is 0.00589 e. The first kappa shape index (κ1) is 15.6. The van der Waals surface area contributed by atoms with Crippen LogP contribution in [0, 0.1) is 12.8 Å². The Morgan fingerprint density at radius 3 is 2.58 bits per heavy atom. The molecule has 0 radical (unpaired) electrons. The van der Waals surface area contributed by atoms with Crippen LogP contribution in [0.3, 0.4) is 0 Å². The van der Waals surface area contributed by atoms with Crippen LogP contribution in [0.5, 0.6) is 0 Å². The van der Waals surface area contributed by atoms with Crippen molar-refractivity contribution < 1.29 is 0 Å². The van der Waals surface area contributed by atoms with E-state index < -0.39 is 0 Å². The molecule has 0 heteroatoms. The molecule has 26 heavy (non-hydrogen) atoms. The first-order valence-corrected chi connectivity index (χ1v) is 9.69. The number of benzene rings is 3. The van der Waals surface area contributed by atoms with Gasteiger partial charge in [-0.3, -0.25) is 0 Å². The van der Waals surface area contributed by atoms with Crippen LogP contribution in [0.25, 0.3) is 16.3 Å². The van der Waals surface area contributed by atoms with Gasteiger partial charge in [0.15, 0.2) is 0 Å². The lowest BCUT2D eigenvalue weighted by Gasteiger charge is -2.33. The van der Waals surface area contributed by atoms with Crippen molar-refractivity contribution in [1.29, 1.82) is 0 Å². The molecular weight excluding hydrogens is 312 g/mol. The van der Waals surface area contributed by atoms with E-state index in [9.17, 15) is 0 Å². The van der Waals surface area contributed by atoms with E-state index in [1.807, 2.05) is 0 Å². The molecule has 128 valence electrons. The summed E-state index contributed by atoms with van der Waals surface area (Å²) < 4.78 is 0. The fraction of sp³-hybridized carbons (Fsp3) is 0.231. The van der Waals surface area contributed by atoms with Gasteiger partial charge in [0.25, 0.3) is 0 Å². The second-order valence-corrected chi connectivity index (χ2v) is 7.94. The fourth-order valence-electron chi connectivity index (χ4n) is 4.81. The highest BCUT2D eigenvalue weighted by atomic mass is 14.3. The molecule has 0 aliphatic heterocycles. The molecule has 0 nitrogen and oxygen atoms in total. The van der Waals surface area contributed by atoms with E-state index in [2.05, 4.69) is 86.7 Å². The van der Waals surface area contributed by atoms with Crippen LogP contribution >= 0.6 is 0 Å². The quantitative estimate of drug-likeness (QED) is 0.456. The summed E-state index contributed by atoms with van der Waals surface area (Å²) in [5.41, 5.74) is 8.88. The van der Waals surface area contributed by atoms with E-state index in [1.165, 1.54) is 38.6 Å². The maximum atomic E-state index is 2.41. The van der Waals surface area contributed by atoms with Gasteiger partial charge in [0, 0.05) is 5.92 Å². The van der Waals surface area contributed by atoms with Crippen molar-refractivity contribution in [2.45, 2.75) is 32.6 Å². The molecule has 3 aromatic carbocycles. The Balaban J connectivity index is 1.61. The van der Waals surface area contributed by atoms with Crippen LogP contribution in [-0.4, -0.2) is 0 Å². The standard InChI is InChI=1S/C26H24/c1-17-8-11-22-21(14-17)10-13-24-23-12-9-20(19-6-4-3-5-7-19)16-25(23)18(2)15-26(22)24/h3-14,18,20H,15-16H2,1-2H3. The number of rotatable bonds is 1. The van der Waals surface area contributed by atoms with Crippen LogP contribution < -0.4 is 0 Å². The van der Waals surface area contributed by atoms with Crippen LogP contribution in [0.4, 0.5) is 0 Å². The van der Waals surface area contributed by atoms with Gasteiger partial charge in [-0.25, -0.2) is 0 Å². The average molecular weight is 336 g/mol. The summed E-state index contributed by atoms with van der Waals surface area (Å²) in [5, 5.41) is 2.81. The molecule has 5 rings (SSSR count). The second kappa shape index (κ2) is 5.99. The van der Waals surface area contributed by atoms with Crippen LogP contribution in [0.15, 0.2) is 78.4 Å². The molecule has 2 unspecified atom stereocenters. The second-order valence-electron chi connectivity index (χ2n) is 7.94. The van der Waals surface area contributed by atoms with Gasteiger partial charge in [0.1, 0.15) is 0 Å². The van der Waals surface area contributed by atoms with Crippen molar-refractivity contribution in [3.05, 3.63) is 101 Å². The van der Waals surface area contributed by atoms with Crippen molar-refractivity contribution in [1.82, 2.24) is 0 Å². The summed E-state index contributed by atoms with van der Waals surface area (Å²) >= 11 is 0. The first-order chi connectivity index (χ1) is 12.7. The Kier molecular flexibility index (Phi) is 3.60. The van der Waals surface area contributed by atoms with Gasteiger partial charge < -0.3 is 0 Å². The summed E-state index contributed by atoms with van der Waals surface area (Å²) in [7, 11) is 0. The summed E-state index contributed by atoms with van der Waals surface area (Å²) in [6.45, 7) is 4.59. The predicted molar refractivity (Wildman–Crippen MR) is 111 cm³/mol. The molecule has 0 N–H and O–H groups in total. The molecule has 2 aliphatic carbocycles. The number of hydrogen-bond acceptors (Lipinski definition) is 0. The molecule has 3 aromatic rings.